The van der Waals surface area contributed by atoms with Gasteiger partial charge in [-0.25, -0.2) is 0 Å². The molecule has 1 saturated carbocycles. The number of aliphatic carboxylic acids is 1. The van der Waals surface area contributed by atoms with Crippen molar-refractivity contribution in [2.75, 3.05) is 19.6 Å². The molecule has 1 aliphatic carbocycles. The summed E-state index contributed by atoms with van der Waals surface area (Å²) in [6, 6.07) is 1.36. The first-order valence-electron chi connectivity index (χ1n) is 7.10. The highest BCUT2D eigenvalue weighted by Gasteiger charge is 2.38. The molecule has 2 rings (SSSR count). The summed E-state index contributed by atoms with van der Waals surface area (Å²) in [6.07, 6.45) is 4.15. The molecule has 1 heterocycles. The number of rotatable bonds is 5. The van der Waals surface area contributed by atoms with E-state index in [4.69, 9.17) is 5.11 Å². The Hall–Kier alpha value is -0.610. The summed E-state index contributed by atoms with van der Waals surface area (Å²) in [5.74, 6) is -0.693. The SMILES string of the molecule is CC(C)(C)N(CCC(=O)O)C1CCN(C2CC2)C1. The fourth-order valence-electron chi connectivity index (χ4n) is 3.08. The molecule has 0 spiro atoms. The summed E-state index contributed by atoms with van der Waals surface area (Å²) in [7, 11) is 0. The van der Waals surface area contributed by atoms with Crippen molar-refractivity contribution in [2.24, 2.45) is 0 Å². The predicted octanol–water partition coefficient (Wildman–Crippen LogP) is 1.80. The van der Waals surface area contributed by atoms with Gasteiger partial charge >= 0.3 is 5.97 Å². The van der Waals surface area contributed by atoms with Crippen molar-refractivity contribution in [1.29, 1.82) is 0 Å². The van der Waals surface area contributed by atoms with Crippen molar-refractivity contribution >= 4 is 5.97 Å². The van der Waals surface area contributed by atoms with Crippen LogP contribution in [-0.2, 0) is 4.79 Å². The standard InChI is InChI=1S/C14H26N2O2/c1-14(2,3)16(9-7-13(17)18)12-6-8-15(10-12)11-4-5-11/h11-12H,4-10H2,1-3H3,(H,17,18). The number of likely N-dealkylation sites (tertiary alicyclic amines) is 1. The molecule has 0 aromatic rings. The molecule has 2 aliphatic rings. The van der Waals surface area contributed by atoms with Gasteiger partial charge in [-0.05, 0) is 40.0 Å². The first-order valence-corrected chi connectivity index (χ1v) is 7.10. The number of carboxylic acid groups (broad SMARTS) is 1. The Balaban J connectivity index is 1.93. The highest BCUT2D eigenvalue weighted by molar-refractivity contribution is 5.66. The van der Waals surface area contributed by atoms with Crippen LogP contribution in [0.15, 0.2) is 0 Å². The van der Waals surface area contributed by atoms with E-state index < -0.39 is 5.97 Å². The molecular weight excluding hydrogens is 228 g/mol. The molecule has 1 saturated heterocycles. The van der Waals surface area contributed by atoms with Crippen LogP contribution in [0.2, 0.25) is 0 Å². The third-order valence-electron chi connectivity index (χ3n) is 4.13. The summed E-state index contributed by atoms with van der Waals surface area (Å²) in [5.41, 5.74) is 0.0552. The maximum Gasteiger partial charge on any atom is 0.304 e. The third-order valence-corrected chi connectivity index (χ3v) is 4.13. The molecule has 1 N–H and O–H groups in total. The van der Waals surface area contributed by atoms with Crippen LogP contribution in [0.5, 0.6) is 0 Å². The molecular formula is C14H26N2O2. The zero-order valence-electron chi connectivity index (χ0n) is 11.9. The van der Waals surface area contributed by atoms with Gasteiger partial charge in [0.25, 0.3) is 0 Å². The second-order valence-electron chi connectivity index (χ2n) is 6.68. The van der Waals surface area contributed by atoms with E-state index in [1.807, 2.05) is 0 Å². The van der Waals surface area contributed by atoms with Gasteiger partial charge in [-0.15, -0.1) is 0 Å². The molecule has 0 aromatic carbocycles. The molecule has 1 aliphatic heterocycles. The molecule has 1 unspecified atom stereocenters. The van der Waals surface area contributed by atoms with Gasteiger partial charge in [0.15, 0.2) is 0 Å². The maximum absolute atomic E-state index is 10.8. The summed E-state index contributed by atoms with van der Waals surface area (Å²) in [5, 5.41) is 8.88. The van der Waals surface area contributed by atoms with Crippen molar-refractivity contribution in [3.63, 3.8) is 0 Å². The van der Waals surface area contributed by atoms with Crippen LogP contribution in [0.1, 0.15) is 46.5 Å². The Morgan fingerprint density at radius 2 is 2.00 bits per heavy atom. The van der Waals surface area contributed by atoms with Gasteiger partial charge in [-0.1, -0.05) is 0 Å². The van der Waals surface area contributed by atoms with E-state index in [9.17, 15) is 4.79 Å². The molecule has 0 radical (unpaired) electrons. The van der Waals surface area contributed by atoms with Gasteiger partial charge < -0.3 is 5.11 Å². The lowest BCUT2D eigenvalue weighted by atomic mass is 10.0. The van der Waals surface area contributed by atoms with Crippen LogP contribution in [0, 0.1) is 0 Å². The predicted molar refractivity (Wildman–Crippen MR) is 71.7 cm³/mol. The highest BCUT2D eigenvalue weighted by atomic mass is 16.4. The van der Waals surface area contributed by atoms with E-state index in [-0.39, 0.29) is 12.0 Å². The van der Waals surface area contributed by atoms with Gasteiger partial charge in [0.05, 0.1) is 6.42 Å². The van der Waals surface area contributed by atoms with Crippen molar-refractivity contribution < 1.29 is 9.90 Å². The van der Waals surface area contributed by atoms with E-state index in [1.165, 1.54) is 25.8 Å². The molecule has 2 fully saturated rings. The van der Waals surface area contributed by atoms with Crippen LogP contribution >= 0.6 is 0 Å². The van der Waals surface area contributed by atoms with Crippen molar-refractivity contribution in [2.45, 2.75) is 64.1 Å². The van der Waals surface area contributed by atoms with Gasteiger partial charge in [0, 0.05) is 37.3 Å². The summed E-state index contributed by atoms with van der Waals surface area (Å²) in [4.78, 5) is 15.8. The van der Waals surface area contributed by atoms with Gasteiger partial charge in [0.1, 0.15) is 0 Å². The molecule has 104 valence electrons. The monoisotopic (exact) mass is 254 g/mol. The van der Waals surface area contributed by atoms with E-state index in [2.05, 4.69) is 30.6 Å². The van der Waals surface area contributed by atoms with E-state index in [1.54, 1.807) is 0 Å². The minimum atomic E-state index is -0.693. The summed E-state index contributed by atoms with van der Waals surface area (Å²) in [6.45, 7) is 9.55. The Morgan fingerprint density at radius 1 is 1.33 bits per heavy atom. The molecule has 4 nitrogen and oxygen atoms in total. The van der Waals surface area contributed by atoms with E-state index in [0.29, 0.717) is 12.6 Å². The average molecular weight is 254 g/mol. The molecule has 4 heteroatoms. The lowest BCUT2D eigenvalue weighted by Crippen LogP contribution is -2.50. The lowest BCUT2D eigenvalue weighted by Gasteiger charge is -2.40. The van der Waals surface area contributed by atoms with Crippen LogP contribution < -0.4 is 0 Å². The summed E-state index contributed by atoms with van der Waals surface area (Å²) < 4.78 is 0. The fraction of sp³-hybridized carbons (Fsp3) is 0.929. The van der Waals surface area contributed by atoms with Gasteiger partial charge in [-0.3, -0.25) is 14.6 Å². The molecule has 18 heavy (non-hydrogen) atoms. The minimum Gasteiger partial charge on any atom is -0.481 e. The third kappa shape index (κ3) is 3.45. The van der Waals surface area contributed by atoms with Crippen molar-refractivity contribution in [3.8, 4) is 0 Å². The largest absolute Gasteiger partial charge is 0.481 e. The Bertz CT molecular complexity index is 307. The Kier molecular flexibility index (Phi) is 3.97. The normalized spacial score (nSPS) is 25.9. The number of hydrogen-bond donors (Lipinski definition) is 1. The van der Waals surface area contributed by atoms with Crippen LogP contribution in [0.3, 0.4) is 0 Å². The molecule has 1 atom stereocenters. The first kappa shape index (κ1) is 13.8. The van der Waals surface area contributed by atoms with Gasteiger partial charge in [0.2, 0.25) is 0 Å². The highest BCUT2D eigenvalue weighted by Crippen LogP contribution is 2.32. The van der Waals surface area contributed by atoms with Crippen LogP contribution in [0.4, 0.5) is 0 Å². The minimum absolute atomic E-state index is 0.0552. The number of carboxylic acids is 1. The van der Waals surface area contributed by atoms with Crippen LogP contribution in [0.25, 0.3) is 0 Å². The fourth-order valence-corrected chi connectivity index (χ4v) is 3.08. The van der Waals surface area contributed by atoms with Crippen molar-refractivity contribution in [1.82, 2.24) is 9.80 Å². The number of hydrogen-bond acceptors (Lipinski definition) is 3. The number of carbonyl (C=O) groups is 1. The summed E-state index contributed by atoms with van der Waals surface area (Å²) >= 11 is 0. The topological polar surface area (TPSA) is 43.8 Å². The maximum atomic E-state index is 10.8. The smallest absolute Gasteiger partial charge is 0.304 e. The van der Waals surface area contributed by atoms with Crippen molar-refractivity contribution in [3.05, 3.63) is 0 Å². The van der Waals surface area contributed by atoms with E-state index in [0.717, 1.165) is 12.6 Å². The number of nitrogens with zero attached hydrogens (tertiary/aromatic N) is 2. The average Bonchev–Trinajstić information content (AvgIpc) is 2.97. The quantitative estimate of drug-likeness (QED) is 0.812. The van der Waals surface area contributed by atoms with Gasteiger partial charge in [-0.2, -0.15) is 0 Å². The second kappa shape index (κ2) is 5.17. The zero-order valence-corrected chi connectivity index (χ0v) is 11.9. The second-order valence-corrected chi connectivity index (χ2v) is 6.68. The first-order chi connectivity index (χ1) is 8.38. The Labute approximate surface area is 110 Å². The Morgan fingerprint density at radius 3 is 2.50 bits per heavy atom. The molecule has 0 amide bonds. The van der Waals surface area contributed by atoms with E-state index >= 15 is 0 Å². The molecule has 0 bridgehead atoms. The molecule has 0 aromatic heterocycles. The zero-order chi connectivity index (χ0) is 13.3. The lowest BCUT2D eigenvalue weighted by molar-refractivity contribution is -0.137. The van der Waals surface area contributed by atoms with Crippen LogP contribution in [-0.4, -0.2) is 58.1 Å².